The minimum Gasteiger partial charge on any atom is -0.481 e. The molecule has 1 aliphatic carbocycles. The molecule has 2 heterocycles. The summed E-state index contributed by atoms with van der Waals surface area (Å²) in [4.78, 5) is 26.0. The summed E-state index contributed by atoms with van der Waals surface area (Å²) >= 11 is 0. The minimum atomic E-state index is -0.694. The first-order chi connectivity index (χ1) is 14.0. The molecule has 6 heteroatoms. The van der Waals surface area contributed by atoms with E-state index < -0.39 is 5.97 Å². The number of hydrogen-bond donors (Lipinski definition) is 1. The van der Waals surface area contributed by atoms with Crippen LogP contribution in [0.15, 0.2) is 30.3 Å². The molecule has 0 bridgehead atoms. The molecule has 1 fully saturated rings. The molecule has 6 nitrogen and oxygen atoms in total. The summed E-state index contributed by atoms with van der Waals surface area (Å²) in [7, 11) is 0. The summed E-state index contributed by atoms with van der Waals surface area (Å²) in [5, 5.41) is 13.9. The van der Waals surface area contributed by atoms with Gasteiger partial charge in [0.15, 0.2) is 0 Å². The van der Waals surface area contributed by atoms with Crippen molar-refractivity contribution in [2.45, 2.75) is 58.5 Å². The number of benzene rings is 1. The summed E-state index contributed by atoms with van der Waals surface area (Å²) in [5.74, 6) is -0.412. The molecular weight excluding hydrogens is 366 g/mol. The van der Waals surface area contributed by atoms with E-state index >= 15 is 0 Å². The van der Waals surface area contributed by atoms with Crippen molar-refractivity contribution in [1.82, 2.24) is 14.7 Å². The molecule has 1 aromatic heterocycles. The fourth-order valence-corrected chi connectivity index (χ4v) is 4.76. The lowest BCUT2D eigenvalue weighted by Gasteiger charge is -2.31. The second kappa shape index (κ2) is 8.39. The summed E-state index contributed by atoms with van der Waals surface area (Å²) in [6.07, 6.45) is 4.46. The predicted octanol–water partition coefficient (Wildman–Crippen LogP) is 3.41. The quantitative estimate of drug-likeness (QED) is 0.842. The van der Waals surface area contributed by atoms with Gasteiger partial charge in [0.05, 0.1) is 30.4 Å². The van der Waals surface area contributed by atoms with Crippen LogP contribution in [0.3, 0.4) is 0 Å². The number of rotatable bonds is 5. The van der Waals surface area contributed by atoms with E-state index in [4.69, 9.17) is 10.2 Å². The van der Waals surface area contributed by atoms with Crippen molar-refractivity contribution < 1.29 is 14.7 Å². The molecule has 29 heavy (non-hydrogen) atoms. The first-order valence-corrected chi connectivity index (χ1v) is 10.6. The van der Waals surface area contributed by atoms with E-state index in [1.165, 1.54) is 11.1 Å². The number of aliphatic carboxylic acids is 1. The third-order valence-corrected chi connectivity index (χ3v) is 6.53. The van der Waals surface area contributed by atoms with E-state index in [9.17, 15) is 9.59 Å². The molecule has 1 saturated carbocycles. The van der Waals surface area contributed by atoms with Gasteiger partial charge < -0.3 is 10.0 Å². The Kier molecular flexibility index (Phi) is 5.69. The number of carboxylic acid groups (broad SMARTS) is 1. The van der Waals surface area contributed by atoms with Gasteiger partial charge in [0, 0.05) is 13.0 Å². The van der Waals surface area contributed by atoms with Crippen LogP contribution >= 0.6 is 0 Å². The van der Waals surface area contributed by atoms with E-state index in [1.54, 1.807) is 0 Å². The maximum Gasteiger partial charge on any atom is 0.306 e. The number of carboxylic acids is 1. The standard InChI is InChI=1S/C23H29N3O3/c1-16-20-11-12-25(22(27)13-17-7-9-19(10-8-17)23(28)29)15-21(20)26(24-16)14-18-5-3-2-4-6-18/h2-6,17,19H,7-15H2,1H3,(H,28,29). The van der Waals surface area contributed by atoms with Crippen LogP contribution in [0.2, 0.25) is 0 Å². The Morgan fingerprint density at radius 2 is 1.86 bits per heavy atom. The molecule has 154 valence electrons. The molecule has 1 aliphatic heterocycles. The predicted molar refractivity (Wildman–Crippen MR) is 109 cm³/mol. The molecular formula is C23H29N3O3. The third-order valence-electron chi connectivity index (χ3n) is 6.53. The highest BCUT2D eigenvalue weighted by Gasteiger charge is 2.30. The van der Waals surface area contributed by atoms with Crippen molar-refractivity contribution in [3.63, 3.8) is 0 Å². The van der Waals surface area contributed by atoms with Crippen LogP contribution in [0, 0.1) is 18.8 Å². The van der Waals surface area contributed by atoms with Gasteiger partial charge in [-0.2, -0.15) is 5.10 Å². The van der Waals surface area contributed by atoms with Crippen LogP contribution in [-0.2, 0) is 29.1 Å². The van der Waals surface area contributed by atoms with Gasteiger partial charge in [0.25, 0.3) is 0 Å². The Morgan fingerprint density at radius 3 is 2.55 bits per heavy atom. The molecule has 4 rings (SSSR count). The van der Waals surface area contributed by atoms with Crippen molar-refractivity contribution in [2.24, 2.45) is 11.8 Å². The van der Waals surface area contributed by atoms with Gasteiger partial charge in [-0.05, 0) is 56.1 Å². The Morgan fingerprint density at radius 1 is 1.14 bits per heavy atom. The monoisotopic (exact) mass is 395 g/mol. The Bertz CT molecular complexity index is 882. The topological polar surface area (TPSA) is 75.4 Å². The molecule has 1 N–H and O–H groups in total. The molecule has 2 aliphatic rings. The zero-order chi connectivity index (χ0) is 20.4. The van der Waals surface area contributed by atoms with Crippen LogP contribution in [-0.4, -0.2) is 38.2 Å². The number of amides is 1. The van der Waals surface area contributed by atoms with Gasteiger partial charge in [-0.25, -0.2) is 0 Å². The van der Waals surface area contributed by atoms with E-state index in [2.05, 4.69) is 23.7 Å². The molecule has 0 radical (unpaired) electrons. The Labute approximate surface area is 171 Å². The smallest absolute Gasteiger partial charge is 0.306 e. The van der Waals surface area contributed by atoms with E-state index in [1.807, 2.05) is 23.1 Å². The molecule has 1 aromatic carbocycles. The summed E-state index contributed by atoms with van der Waals surface area (Å²) in [5.41, 5.74) is 4.71. The number of hydrogen-bond acceptors (Lipinski definition) is 3. The van der Waals surface area contributed by atoms with Crippen LogP contribution in [0.1, 0.15) is 54.6 Å². The molecule has 0 atom stereocenters. The number of aryl methyl sites for hydroxylation is 1. The number of nitrogens with zero attached hydrogens (tertiary/aromatic N) is 3. The van der Waals surface area contributed by atoms with Gasteiger partial charge in [0.2, 0.25) is 5.91 Å². The van der Waals surface area contributed by atoms with Crippen molar-refractivity contribution in [3.8, 4) is 0 Å². The van der Waals surface area contributed by atoms with Gasteiger partial charge in [-0.3, -0.25) is 14.3 Å². The minimum absolute atomic E-state index is 0.194. The zero-order valence-corrected chi connectivity index (χ0v) is 17.0. The lowest BCUT2D eigenvalue weighted by Crippen LogP contribution is -2.38. The van der Waals surface area contributed by atoms with Gasteiger partial charge in [-0.15, -0.1) is 0 Å². The Balaban J connectivity index is 1.40. The van der Waals surface area contributed by atoms with Crippen molar-refractivity contribution in [1.29, 1.82) is 0 Å². The fraction of sp³-hybridized carbons (Fsp3) is 0.522. The number of aromatic nitrogens is 2. The van der Waals surface area contributed by atoms with Crippen LogP contribution in [0.4, 0.5) is 0 Å². The maximum atomic E-state index is 12.9. The molecule has 1 amide bonds. The zero-order valence-electron chi connectivity index (χ0n) is 17.0. The number of fused-ring (bicyclic) bond motifs is 1. The van der Waals surface area contributed by atoms with Gasteiger partial charge >= 0.3 is 5.97 Å². The SMILES string of the molecule is Cc1nn(Cc2ccccc2)c2c1CCN(C(=O)CC1CCC(C(=O)O)CC1)C2. The van der Waals surface area contributed by atoms with Crippen molar-refractivity contribution in [2.75, 3.05) is 6.54 Å². The summed E-state index contributed by atoms with van der Waals surface area (Å²) in [6.45, 7) is 4.14. The lowest BCUT2D eigenvalue weighted by atomic mass is 9.80. The largest absolute Gasteiger partial charge is 0.481 e. The average Bonchev–Trinajstić information content (AvgIpc) is 3.04. The third kappa shape index (κ3) is 4.36. The molecule has 0 spiro atoms. The lowest BCUT2D eigenvalue weighted by molar-refractivity contribution is -0.143. The second-order valence-corrected chi connectivity index (χ2v) is 8.48. The van der Waals surface area contributed by atoms with Crippen LogP contribution in [0.5, 0.6) is 0 Å². The molecule has 0 saturated heterocycles. The van der Waals surface area contributed by atoms with Crippen molar-refractivity contribution >= 4 is 11.9 Å². The van der Waals surface area contributed by atoms with E-state index in [0.717, 1.165) is 43.7 Å². The van der Waals surface area contributed by atoms with E-state index in [0.29, 0.717) is 31.7 Å². The normalized spacial score (nSPS) is 21.6. The van der Waals surface area contributed by atoms with Gasteiger partial charge in [0.1, 0.15) is 0 Å². The van der Waals surface area contributed by atoms with Gasteiger partial charge in [-0.1, -0.05) is 30.3 Å². The highest BCUT2D eigenvalue weighted by atomic mass is 16.4. The number of carbonyl (C=O) groups excluding carboxylic acids is 1. The maximum absolute atomic E-state index is 12.9. The first kappa shape index (κ1) is 19.7. The molecule has 0 unspecified atom stereocenters. The second-order valence-electron chi connectivity index (χ2n) is 8.48. The highest BCUT2D eigenvalue weighted by molar-refractivity contribution is 5.77. The van der Waals surface area contributed by atoms with E-state index in [-0.39, 0.29) is 11.8 Å². The highest BCUT2D eigenvalue weighted by Crippen LogP contribution is 2.32. The first-order valence-electron chi connectivity index (χ1n) is 10.6. The Hall–Kier alpha value is -2.63. The van der Waals surface area contributed by atoms with Crippen LogP contribution < -0.4 is 0 Å². The van der Waals surface area contributed by atoms with Crippen molar-refractivity contribution in [3.05, 3.63) is 52.8 Å². The van der Waals surface area contributed by atoms with Crippen LogP contribution in [0.25, 0.3) is 0 Å². The number of carbonyl (C=O) groups is 2. The molecule has 2 aromatic rings. The summed E-state index contributed by atoms with van der Waals surface area (Å²) in [6, 6.07) is 10.3. The summed E-state index contributed by atoms with van der Waals surface area (Å²) < 4.78 is 2.05. The fourth-order valence-electron chi connectivity index (χ4n) is 4.76. The average molecular weight is 396 g/mol.